The molecule has 1 N–H and O–H groups in total. The molecule has 1 atom stereocenters. The van der Waals surface area contributed by atoms with Crippen LogP contribution >= 0.6 is 0 Å². The summed E-state index contributed by atoms with van der Waals surface area (Å²) in [6, 6.07) is 21.1. The number of carbonyl (C=O) groups is 1. The van der Waals surface area contributed by atoms with E-state index in [1.54, 1.807) is 6.07 Å². The van der Waals surface area contributed by atoms with Crippen molar-refractivity contribution in [1.29, 1.82) is 0 Å². The van der Waals surface area contributed by atoms with Gasteiger partial charge in [-0.25, -0.2) is 4.39 Å². The average Bonchev–Trinajstić information content (AvgIpc) is 2.99. The second kappa shape index (κ2) is 8.78. The Labute approximate surface area is 169 Å². The molecular formula is C24H22FNO3. The molecule has 1 amide bonds. The SMILES string of the molecule is O=C(NC(Cc1ccccc1)c1ccc2c(c1)OCCCO2)c1cccc(F)c1. The molecule has 0 saturated carbocycles. The fourth-order valence-electron chi connectivity index (χ4n) is 3.37. The Morgan fingerprint density at radius 2 is 1.72 bits per heavy atom. The van der Waals surface area contributed by atoms with Gasteiger partial charge in [0.25, 0.3) is 5.91 Å². The van der Waals surface area contributed by atoms with E-state index in [4.69, 9.17) is 9.47 Å². The van der Waals surface area contributed by atoms with E-state index < -0.39 is 5.82 Å². The molecule has 4 nitrogen and oxygen atoms in total. The summed E-state index contributed by atoms with van der Waals surface area (Å²) in [4.78, 5) is 12.8. The molecule has 3 aromatic rings. The number of halogens is 1. The van der Waals surface area contributed by atoms with Crippen molar-refractivity contribution in [2.24, 2.45) is 0 Å². The molecule has 148 valence electrons. The molecule has 0 spiro atoms. The zero-order valence-electron chi connectivity index (χ0n) is 15.9. The largest absolute Gasteiger partial charge is 0.490 e. The van der Waals surface area contributed by atoms with E-state index in [-0.39, 0.29) is 17.5 Å². The van der Waals surface area contributed by atoms with Crippen LogP contribution in [0, 0.1) is 5.82 Å². The third-order valence-electron chi connectivity index (χ3n) is 4.85. The van der Waals surface area contributed by atoms with Crippen molar-refractivity contribution in [2.45, 2.75) is 18.9 Å². The van der Waals surface area contributed by atoms with Crippen molar-refractivity contribution < 1.29 is 18.7 Å². The van der Waals surface area contributed by atoms with Crippen LogP contribution in [-0.4, -0.2) is 19.1 Å². The molecule has 0 aromatic heterocycles. The predicted molar refractivity (Wildman–Crippen MR) is 109 cm³/mol. The van der Waals surface area contributed by atoms with Crippen LogP contribution in [0.3, 0.4) is 0 Å². The normalized spacial score (nSPS) is 14.0. The number of fused-ring (bicyclic) bond motifs is 1. The van der Waals surface area contributed by atoms with Crippen molar-refractivity contribution >= 4 is 5.91 Å². The molecule has 1 unspecified atom stereocenters. The highest BCUT2D eigenvalue weighted by atomic mass is 19.1. The molecule has 4 rings (SSSR count). The quantitative estimate of drug-likeness (QED) is 0.686. The van der Waals surface area contributed by atoms with Crippen molar-refractivity contribution in [3.05, 3.63) is 95.3 Å². The topological polar surface area (TPSA) is 47.6 Å². The second-order valence-electron chi connectivity index (χ2n) is 6.98. The van der Waals surface area contributed by atoms with Gasteiger partial charge in [0.1, 0.15) is 5.82 Å². The van der Waals surface area contributed by atoms with Gasteiger partial charge in [-0.05, 0) is 47.9 Å². The Kier molecular flexibility index (Phi) is 5.75. The monoisotopic (exact) mass is 391 g/mol. The summed E-state index contributed by atoms with van der Waals surface area (Å²) in [5.41, 5.74) is 2.28. The molecule has 1 heterocycles. The first-order valence-corrected chi connectivity index (χ1v) is 9.69. The summed E-state index contributed by atoms with van der Waals surface area (Å²) >= 11 is 0. The third-order valence-corrected chi connectivity index (χ3v) is 4.85. The van der Waals surface area contributed by atoms with Crippen molar-refractivity contribution in [3.8, 4) is 11.5 Å². The van der Waals surface area contributed by atoms with Crippen LogP contribution in [0.1, 0.15) is 33.9 Å². The minimum absolute atomic E-state index is 0.289. The number of nitrogens with one attached hydrogen (secondary N) is 1. The third kappa shape index (κ3) is 4.74. The molecule has 1 aliphatic heterocycles. The number of rotatable bonds is 5. The first-order chi connectivity index (χ1) is 14.2. The molecule has 0 saturated heterocycles. The average molecular weight is 391 g/mol. The molecular weight excluding hydrogens is 369 g/mol. The summed E-state index contributed by atoms with van der Waals surface area (Å²) in [5, 5.41) is 3.05. The van der Waals surface area contributed by atoms with E-state index in [1.807, 2.05) is 48.5 Å². The molecule has 0 bridgehead atoms. The minimum atomic E-state index is -0.437. The van der Waals surface area contributed by atoms with Gasteiger partial charge in [-0.1, -0.05) is 42.5 Å². The zero-order valence-corrected chi connectivity index (χ0v) is 15.9. The number of hydrogen-bond donors (Lipinski definition) is 1. The molecule has 5 heteroatoms. The molecule has 0 radical (unpaired) electrons. The maximum atomic E-state index is 13.6. The lowest BCUT2D eigenvalue weighted by molar-refractivity contribution is 0.0936. The first-order valence-electron chi connectivity index (χ1n) is 9.69. The highest BCUT2D eigenvalue weighted by Gasteiger charge is 2.20. The maximum absolute atomic E-state index is 13.6. The molecule has 29 heavy (non-hydrogen) atoms. The summed E-state index contributed by atoms with van der Waals surface area (Å²) < 4.78 is 25.1. The first kappa shape index (κ1) is 19.0. The van der Waals surface area contributed by atoms with E-state index in [2.05, 4.69) is 5.32 Å². The summed E-state index contributed by atoms with van der Waals surface area (Å²) in [5.74, 6) is 0.629. The zero-order chi connectivity index (χ0) is 20.1. The standard InChI is InChI=1S/C24H22FNO3/c25-20-9-4-8-19(15-20)24(27)26-21(14-17-6-2-1-3-7-17)18-10-11-22-23(16-18)29-13-5-12-28-22/h1-4,6-11,15-16,21H,5,12-14H2,(H,26,27). The lowest BCUT2D eigenvalue weighted by Crippen LogP contribution is -2.30. The Hall–Kier alpha value is -3.34. The van der Waals surface area contributed by atoms with E-state index in [1.165, 1.54) is 18.2 Å². The highest BCUT2D eigenvalue weighted by Crippen LogP contribution is 2.33. The predicted octanol–water partition coefficient (Wildman–Crippen LogP) is 4.70. The minimum Gasteiger partial charge on any atom is -0.490 e. The van der Waals surface area contributed by atoms with Gasteiger partial charge in [-0.15, -0.1) is 0 Å². The summed E-state index contributed by atoms with van der Waals surface area (Å²) in [6.45, 7) is 1.21. The van der Waals surface area contributed by atoms with E-state index in [9.17, 15) is 9.18 Å². The molecule has 1 aliphatic rings. The number of hydrogen-bond acceptors (Lipinski definition) is 3. The molecule has 3 aromatic carbocycles. The Morgan fingerprint density at radius 1 is 0.931 bits per heavy atom. The van der Waals surface area contributed by atoms with Crippen LogP contribution in [0.5, 0.6) is 11.5 Å². The molecule has 0 fully saturated rings. The van der Waals surface area contributed by atoms with E-state index in [0.717, 1.165) is 17.5 Å². The van der Waals surface area contributed by atoms with Crippen LogP contribution in [0.15, 0.2) is 72.8 Å². The van der Waals surface area contributed by atoms with Crippen LogP contribution < -0.4 is 14.8 Å². The number of amides is 1. The molecule has 0 aliphatic carbocycles. The number of benzene rings is 3. The fraction of sp³-hybridized carbons (Fsp3) is 0.208. The Balaban J connectivity index is 1.63. The van der Waals surface area contributed by atoms with Crippen LogP contribution in [0.4, 0.5) is 4.39 Å². The van der Waals surface area contributed by atoms with Crippen molar-refractivity contribution in [3.63, 3.8) is 0 Å². The van der Waals surface area contributed by atoms with Gasteiger partial charge >= 0.3 is 0 Å². The van der Waals surface area contributed by atoms with Gasteiger partial charge in [-0.2, -0.15) is 0 Å². The summed E-state index contributed by atoms with van der Waals surface area (Å²) in [7, 11) is 0. The summed E-state index contributed by atoms with van der Waals surface area (Å²) in [6.07, 6.45) is 1.43. The number of carbonyl (C=O) groups excluding carboxylic acids is 1. The fourth-order valence-corrected chi connectivity index (χ4v) is 3.37. The van der Waals surface area contributed by atoms with Gasteiger partial charge in [0.05, 0.1) is 19.3 Å². The van der Waals surface area contributed by atoms with Gasteiger partial charge in [0, 0.05) is 12.0 Å². The van der Waals surface area contributed by atoms with Gasteiger partial charge < -0.3 is 14.8 Å². The van der Waals surface area contributed by atoms with Gasteiger partial charge in [0.2, 0.25) is 0 Å². The van der Waals surface area contributed by atoms with Crippen molar-refractivity contribution in [1.82, 2.24) is 5.32 Å². The lowest BCUT2D eigenvalue weighted by Gasteiger charge is -2.21. The smallest absolute Gasteiger partial charge is 0.251 e. The Bertz CT molecular complexity index is 990. The van der Waals surface area contributed by atoms with Gasteiger partial charge in [0.15, 0.2) is 11.5 Å². The maximum Gasteiger partial charge on any atom is 0.251 e. The Morgan fingerprint density at radius 3 is 2.52 bits per heavy atom. The highest BCUT2D eigenvalue weighted by molar-refractivity contribution is 5.94. The van der Waals surface area contributed by atoms with Gasteiger partial charge in [-0.3, -0.25) is 4.79 Å². The van der Waals surface area contributed by atoms with Crippen LogP contribution in [0.25, 0.3) is 0 Å². The van der Waals surface area contributed by atoms with Crippen LogP contribution in [-0.2, 0) is 6.42 Å². The second-order valence-corrected chi connectivity index (χ2v) is 6.98. The number of ether oxygens (including phenoxy) is 2. The van der Waals surface area contributed by atoms with E-state index in [0.29, 0.717) is 31.1 Å². The lowest BCUT2D eigenvalue weighted by atomic mass is 9.98. The van der Waals surface area contributed by atoms with Crippen LogP contribution in [0.2, 0.25) is 0 Å². The van der Waals surface area contributed by atoms with Crippen molar-refractivity contribution in [2.75, 3.05) is 13.2 Å². The van der Waals surface area contributed by atoms with E-state index >= 15 is 0 Å².